The minimum Gasteiger partial charge on any atom is -0.504 e. The van der Waals surface area contributed by atoms with E-state index in [1.54, 1.807) is 12.1 Å². The van der Waals surface area contributed by atoms with Gasteiger partial charge in [-0.05, 0) is 30.7 Å². The first-order valence-electron chi connectivity index (χ1n) is 9.02. The van der Waals surface area contributed by atoms with E-state index in [4.69, 9.17) is 0 Å². The number of nitrogens with zero attached hydrogens (tertiary/aromatic N) is 2. The number of amides is 2. The maximum Gasteiger partial charge on any atom is 0.294 e. The van der Waals surface area contributed by atoms with Crippen LogP contribution in [0.4, 0.5) is 0 Å². The van der Waals surface area contributed by atoms with Crippen LogP contribution in [0.15, 0.2) is 60.8 Å². The summed E-state index contributed by atoms with van der Waals surface area (Å²) in [6, 6.07) is 16.8. The van der Waals surface area contributed by atoms with Gasteiger partial charge in [0.05, 0.1) is 18.3 Å². The second-order valence-electron chi connectivity index (χ2n) is 6.60. The van der Waals surface area contributed by atoms with Gasteiger partial charge in [-0.1, -0.05) is 36.4 Å². The third kappa shape index (κ3) is 3.68. The third-order valence-corrected chi connectivity index (χ3v) is 4.61. The molecular weight excluding hydrogens is 370 g/mol. The van der Waals surface area contributed by atoms with E-state index in [1.807, 2.05) is 49.4 Å². The number of aromatic nitrogens is 3. The molecule has 2 heterocycles. The maximum atomic E-state index is 12.3. The smallest absolute Gasteiger partial charge is 0.294 e. The van der Waals surface area contributed by atoms with Crippen molar-refractivity contribution in [1.29, 1.82) is 0 Å². The zero-order chi connectivity index (χ0) is 20.4. The first kappa shape index (κ1) is 18.3. The molecule has 8 nitrogen and oxygen atoms in total. The van der Waals surface area contributed by atoms with Crippen LogP contribution < -0.4 is 10.9 Å². The Morgan fingerprint density at radius 1 is 1.07 bits per heavy atom. The fraction of sp³-hybridized carbons (Fsp3) is 0.0952. The van der Waals surface area contributed by atoms with E-state index in [0.717, 1.165) is 22.2 Å². The van der Waals surface area contributed by atoms with Gasteiger partial charge in [0.25, 0.3) is 5.91 Å². The Hall–Kier alpha value is -4.07. The molecule has 0 saturated heterocycles. The lowest BCUT2D eigenvalue weighted by Gasteiger charge is -2.07. The van der Waals surface area contributed by atoms with Crippen LogP contribution in [-0.2, 0) is 11.2 Å². The van der Waals surface area contributed by atoms with Gasteiger partial charge in [-0.3, -0.25) is 20.4 Å². The highest BCUT2D eigenvalue weighted by atomic mass is 16.3. The number of para-hydroxylation sites is 2. The first-order valence-corrected chi connectivity index (χ1v) is 9.02. The second-order valence-corrected chi connectivity index (χ2v) is 6.60. The lowest BCUT2D eigenvalue weighted by molar-refractivity contribution is -0.121. The SMILES string of the molecule is Cc1[nH]c2ccccc2c1CC(=O)NNC(=O)c1nn(-c2ccccc2)cc1O. The molecule has 2 amide bonds. The van der Waals surface area contributed by atoms with Crippen molar-refractivity contribution in [1.82, 2.24) is 25.6 Å². The van der Waals surface area contributed by atoms with Crippen molar-refractivity contribution in [2.45, 2.75) is 13.3 Å². The highest BCUT2D eigenvalue weighted by Gasteiger charge is 2.18. The summed E-state index contributed by atoms with van der Waals surface area (Å²) in [6.45, 7) is 1.90. The van der Waals surface area contributed by atoms with E-state index in [-0.39, 0.29) is 23.8 Å². The van der Waals surface area contributed by atoms with Gasteiger partial charge in [0.1, 0.15) is 0 Å². The summed E-state index contributed by atoms with van der Waals surface area (Å²) < 4.78 is 1.39. The third-order valence-electron chi connectivity index (χ3n) is 4.61. The van der Waals surface area contributed by atoms with E-state index < -0.39 is 5.91 Å². The van der Waals surface area contributed by atoms with Gasteiger partial charge >= 0.3 is 0 Å². The summed E-state index contributed by atoms with van der Waals surface area (Å²) >= 11 is 0. The Kier molecular flexibility index (Phi) is 4.74. The number of rotatable bonds is 4. The predicted molar refractivity (Wildman–Crippen MR) is 108 cm³/mol. The monoisotopic (exact) mass is 389 g/mol. The molecule has 4 rings (SSSR count). The number of H-pyrrole nitrogens is 1. The highest BCUT2D eigenvalue weighted by Crippen LogP contribution is 2.22. The lowest BCUT2D eigenvalue weighted by atomic mass is 10.1. The van der Waals surface area contributed by atoms with E-state index in [1.165, 1.54) is 10.9 Å². The zero-order valence-corrected chi connectivity index (χ0v) is 15.6. The maximum absolute atomic E-state index is 12.3. The van der Waals surface area contributed by atoms with Crippen molar-refractivity contribution in [2.24, 2.45) is 0 Å². The molecule has 0 spiro atoms. The van der Waals surface area contributed by atoms with Crippen molar-refractivity contribution >= 4 is 22.7 Å². The van der Waals surface area contributed by atoms with Crippen LogP contribution in [0.25, 0.3) is 16.6 Å². The molecule has 8 heteroatoms. The highest BCUT2D eigenvalue weighted by molar-refractivity contribution is 5.96. The lowest BCUT2D eigenvalue weighted by Crippen LogP contribution is -2.42. The second kappa shape index (κ2) is 7.51. The number of aryl methyl sites for hydroxylation is 1. The fourth-order valence-electron chi connectivity index (χ4n) is 3.19. The minimum absolute atomic E-state index is 0.0978. The van der Waals surface area contributed by atoms with Crippen LogP contribution in [0.3, 0.4) is 0 Å². The van der Waals surface area contributed by atoms with Crippen LogP contribution in [0.1, 0.15) is 21.7 Å². The number of aromatic hydroxyl groups is 1. The zero-order valence-electron chi connectivity index (χ0n) is 15.6. The molecule has 2 aromatic heterocycles. The molecule has 0 aliphatic rings. The Morgan fingerprint density at radius 3 is 2.59 bits per heavy atom. The molecule has 146 valence electrons. The van der Waals surface area contributed by atoms with Crippen LogP contribution in [0, 0.1) is 6.92 Å². The van der Waals surface area contributed by atoms with Gasteiger partial charge in [0, 0.05) is 16.6 Å². The van der Waals surface area contributed by atoms with Crippen molar-refractivity contribution in [3.63, 3.8) is 0 Å². The average Bonchev–Trinajstić information content (AvgIpc) is 3.27. The number of aromatic amines is 1. The molecule has 0 aliphatic carbocycles. The van der Waals surface area contributed by atoms with Crippen molar-refractivity contribution in [3.05, 3.63) is 77.7 Å². The Balaban J connectivity index is 1.43. The van der Waals surface area contributed by atoms with Gasteiger partial charge in [-0.25, -0.2) is 4.68 Å². The molecular formula is C21H19N5O3. The van der Waals surface area contributed by atoms with E-state index in [2.05, 4.69) is 20.9 Å². The predicted octanol–water partition coefficient (Wildman–Crippen LogP) is 2.37. The fourth-order valence-corrected chi connectivity index (χ4v) is 3.19. The van der Waals surface area contributed by atoms with E-state index >= 15 is 0 Å². The van der Waals surface area contributed by atoms with Crippen molar-refractivity contribution in [2.75, 3.05) is 0 Å². The van der Waals surface area contributed by atoms with Gasteiger partial charge in [0.2, 0.25) is 5.91 Å². The van der Waals surface area contributed by atoms with Crippen LogP contribution >= 0.6 is 0 Å². The average molecular weight is 389 g/mol. The van der Waals surface area contributed by atoms with Gasteiger partial charge in [-0.2, -0.15) is 5.10 Å². The topological polar surface area (TPSA) is 112 Å². The van der Waals surface area contributed by atoms with Crippen LogP contribution in [0.5, 0.6) is 5.75 Å². The number of hydrogen-bond donors (Lipinski definition) is 4. The van der Waals surface area contributed by atoms with Gasteiger partial charge in [-0.15, -0.1) is 0 Å². The molecule has 0 radical (unpaired) electrons. The Labute approximate surface area is 166 Å². The first-order chi connectivity index (χ1) is 14.0. The number of hydrogen-bond acceptors (Lipinski definition) is 4. The van der Waals surface area contributed by atoms with E-state index in [0.29, 0.717) is 5.69 Å². The van der Waals surface area contributed by atoms with Crippen molar-refractivity contribution < 1.29 is 14.7 Å². The summed E-state index contributed by atoms with van der Waals surface area (Å²) in [6.07, 6.45) is 1.43. The molecule has 0 atom stereocenters. The van der Waals surface area contributed by atoms with Crippen LogP contribution in [0.2, 0.25) is 0 Å². The number of fused-ring (bicyclic) bond motifs is 1. The normalized spacial score (nSPS) is 10.8. The molecule has 0 fully saturated rings. The Morgan fingerprint density at radius 2 is 1.79 bits per heavy atom. The molecule has 0 saturated carbocycles. The minimum atomic E-state index is -0.707. The van der Waals surface area contributed by atoms with Crippen molar-refractivity contribution in [3.8, 4) is 11.4 Å². The number of hydrazine groups is 1. The van der Waals surface area contributed by atoms with Gasteiger partial charge < -0.3 is 10.1 Å². The molecule has 29 heavy (non-hydrogen) atoms. The van der Waals surface area contributed by atoms with E-state index in [9.17, 15) is 14.7 Å². The molecule has 0 unspecified atom stereocenters. The number of carbonyl (C=O) groups is 2. The Bertz CT molecular complexity index is 1190. The molecule has 4 N–H and O–H groups in total. The summed E-state index contributed by atoms with van der Waals surface area (Å²) in [4.78, 5) is 27.9. The number of nitrogens with one attached hydrogen (secondary N) is 3. The number of benzene rings is 2. The summed E-state index contributed by atoms with van der Waals surface area (Å²) in [5, 5.41) is 15.1. The quantitative estimate of drug-likeness (QED) is 0.402. The molecule has 0 bridgehead atoms. The standard InChI is InChI=1S/C21H19N5O3/c1-13-16(15-9-5-6-10-17(15)22-13)11-19(28)23-24-21(29)20-18(27)12-26(25-20)14-7-3-2-4-8-14/h2-10,12,22,27H,11H2,1H3,(H,23,28)(H,24,29). The molecule has 0 aliphatic heterocycles. The number of carbonyl (C=O) groups excluding carboxylic acids is 2. The summed E-state index contributed by atoms with van der Waals surface area (Å²) in [5.74, 6) is -1.37. The summed E-state index contributed by atoms with van der Waals surface area (Å²) in [5.41, 5.74) is 7.90. The summed E-state index contributed by atoms with van der Waals surface area (Å²) in [7, 11) is 0. The molecule has 2 aromatic carbocycles. The van der Waals surface area contributed by atoms with Gasteiger partial charge in [0.15, 0.2) is 11.4 Å². The largest absolute Gasteiger partial charge is 0.504 e. The molecule has 4 aromatic rings. The van der Waals surface area contributed by atoms with Crippen LogP contribution in [-0.4, -0.2) is 31.7 Å².